The van der Waals surface area contributed by atoms with Gasteiger partial charge in [0.1, 0.15) is 17.4 Å². The summed E-state index contributed by atoms with van der Waals surface area (Å²) in [4.78, 5) is 37.4. The molecule has 204 valence electrons. The minimum atomic E-state index is -0.678. The highest BCUT2D eigenvalue weighted by atomic mass is 32.2. The van der Waals surface area contributed by atoms with Gasteiger partial charge in [-0.15, -0.1) is 21.5 Å². The highest BCUT2D eigenvalue weighted by Crippen LogP contribution is 2.34. The lowest BCUT2D eigenvalue weighted by Crippen LogP contribution is -2.18. The molecule has 2 amide bonds. The molecule has 3 rings (SSSR count). The van der Waals surface area contributed by atoms with Crippen molar-refractivity contribution in [2.45, 2.75) is 71.9 Å². The van der Waals surface area contributed by atoms with Crippen LogP contribution in [0.2, 0.25) is 0 Å². The molecule has 0 unspecified atom stereocenters. The molecule has 0 aliphatic rings. The van der Waals surface area contributed by atoms with Crippen molar-refractivity contribution < 1.29 is 23.9 Å². The summed E-state index contributed by atoms with van der Waals surface area (Å²) in [5.41, 5.74) is 7.20. The summed E-state index contributed by atoms with van der Waals surface area (Å²) in [7, 11) is 0. The number of esters is 1. The van der Waals surface area contributed by atoms with Crippen LogP contribution in [0, 0.1) is 6.92 Å². The van der Waals surface area contributed by atoms with Gasteiger partial charge >= 0.3 is 5.97 Å². The average molecular weight is 560 g/mol. The second-order valence-electron chi connectivity index (χ2n) is 9.07. The Morgan fingerprint density at radius 2 is 1.82 bits per heavy atom. The highest BCUT2D eigenvalue weighted by molar-refractivity contribution is 7.99. The molecule has 0 saturated heterocycles. The maximum atomic E-state index is 12.8. The summed E-state index contributed by atoms with van der Waals surface area (Å²) >= 11 is 2.16. The summed E-state index contributed by atoms with van der Waals surface area (Å²) in [6.45, 7) is 12.1. The molecule has 0 bridgehead atoms. The zero-order chi connectivity index (χ0) is 28.0. The number of benzene rings is 1. The van der Waals surface area contributed by atoms with E-state index in [0.717, 1.165) is 17.1 Å². The van der Waals surface area contributed by atoms with Crippen LogP contribution < -0.4 is 15.8 Å². The molecule has 0 saturated carbocycles. The molecule has 1 aromatic carbocycles. The van der Waals surface area contributed by atoms with E-state index in [-0.39, 0.29) is 39.8 Å². The molecule has 38 heavy (non-hydrogen) atoms. The normalized spacial score (nSPS) is 11.2. The lowest BCUT2D eigenvalue weighted by Gasteiger charge is -2.11. The number of anilines is 1. The number of amides is 2. The van der Waals surface area contributed by atoms with Gasteiger partial charge < -0.3 is 25.1 Å². The van der Waals surface area contributed by atoms with Gasteiger partial charge in [-0.25, -0.2) is 4.79 Å². The molecule has 0 aliphatic heterocycles. The molecule has 0 fully saturated rings. The molecule has 12 heteroatoms. The van der Waals surface area contributed by atoms with Gasteiger partial charge in [0, 0.05) is 6.54 Å². The number of rotatable bonds is 12. The van der Waals surface area contributed by atoms with Crippen LogP contribution in [-0.2, 0) is 22.7 Å². The smallest absolute Gasteiger partial charge is 0.341 e. The third kappa shape index (κ3) is 7.13. The van der Waals surface area contributed by atoms with Gasteiger partial charge in [0.15, 0.2) is 11.0 Å². The summed E-state index contributed by atoms with van der Waals surface area (Å²) < 4.78 is 13.1. The average Bonchev–Trinajstić information content (AvgIpc) is 3.40. The molecule has 2 aromatic heterocycles. The van der Waals surface area contributed by atoms with Crippen LogP contribution >= 0.6 is 23.1 Å². The fraction of sp³-hybridized carbons (Fsp3) is 0.423. The predicted molar refractivity (Wildman–Crippen MR) is 148 cm³/mol. The summed E-state index contributed by atoms with van der Waals surface area (Å²) in [5, 5.41) is 12.0. The maximum absolute atomic E-state index is 12.8. The van der Waals surface area contributed by atoms with Gasteiger partial charge in [-0.1, -0.05) is 37.7 Å². The van der Waals surface area contributed by atoms with Crippen molar-refractivity contribution in [1.82, 2.24) is 14.8 Å². The zero-order valence-corrected chi connectivity index (χ0v) is 24.0. The summed E-state index contributed by atoms with van der Waals surface area (Å²) in [6.07, 6.45) is -0.365. The van der Waals surface area contributed by atoms with E-state index >= 15 is 0 Å². The molecule has 0 aliphatic carbocycles. The van der Waals surface area contributed by atoms with E-state index in [4.69, 9.17) is 15.2 Å². The van der Waals surface area contributed by atoms with Crippen LogP contribution in [-0.4, -0.2) is 44.4 Å². The number of primary amides is 1. The number of carbonyl (C=O) groups is 3. The first-order valence-corrected chi connectivity index (χ1v) is 14.0. The van der Waals surface area contributed by atoms with Crippen molar-refractivity contribution in [3.8, 4) is 5.75 Å². The van der Waals surface area contributed by atoms with Crippen molar-refractivity contribution >= 4 is 45.9 Å². The number of ether oxygens (including phenoxy) is 2. The Morgan fingerprint density at radius 1 is 1.13 bits per heavy atom. The van der Waals surface area contributed by atoms with Gasteiger partial charge in [0.25, 0.3) is 5.91 Å². The lowest BCUT2D eigenvalue weighted by atomic mass is 10.0. The number of thioether (sulfide) groups is 1. The fourth-order valence-electron chi connectivity index (χ4n) is 3.60. The quantitative estimate of drug-likeness (QED) is 0.239. The largest absolute Gasteiger partial charge is 0.486 e. The number of nitrogens with zero attached hydrogens (tertiary/aromatic N) is 3. The number of hydrogen-bond donors (Lipinski definition) is 2. The van der Waals surface area contributed by atoms with E-state index in [0.29, 0.717) is 29.0 Å². The van der Waals surface area contributed by atoms with Crippen molar-refractivity contribution in [3.63, 3.8) is 0 Å². The highest BCUT2D eigenvalue weighted by Gasteiger charge is 2.26. The number of hydrogen-bond acceptors (Lipinski definition) is 9. The van der Waals surface area contributed by atoms with Crippen LogP contribution in [0.3, 0.4) is 0 Å². The molecule has 3 aromatic rings. The molecule has 0 atom stereocenters. The second kappa shape index (κ2) is 12.9. The van der Waals surface area contributed by atoms with E-state index in [1.807, 2.05) is 35.8 Å². The number of nitrogens with two attached hydrogens (primary N) is 1. The Labute approximate surface area is 230 Å². The first-order valence-electron chi connectivity index (χ1n) is 12.2. The molecule has 10 nitrogen and oxygen atoms in total. The maximum Gasteiger partial charge on any atom is 0.341 e. The zero-order valence-electron chi connectivity index (χ0n) is 22.4. The molecular formula is C26H33N5O5S2. The standard InChI is InChI=1S/C26H33N5O5S2/c1-7-31-19(12-35-18-10-8-17(9-11-18)14(2)3)29-30-26(31)37-13-20(32)28-24-21(25(34)36-15(4)5)16(6)22(38-24)23(27)33/h8-11,14-15H,7,12-13H2,1-6H3,(H2,27,33)(H,28,32). The van der Waals surface area contributed by atoms with Gasteiger partial charge in [0.05, 0.1) is 22.3 Å². The fourth-order valence-corrected chi connectivity index (χ4v) is 5.48. The van der Waals surface area contributed by atoms with Gasteiger partial charge in [-0.2, -0.15) is 0 Å². The van der Waals surface area contributed by atoms with Crippen molar-refractivity contribution in [3.05, 3.63) is 51.7 Å². The number of thiophene rings is 1. The van der Waals surface area contributed by atoms with Crippen molar-refractivity contribution in [2.75, 3.05) is 11.1 Å². The van der Waals surface area contributed by atoms with Crippen molar-refractivity contribution in [1.29, 1.82) is 0 Å². The van der Waals surface area contributed by atoms with Crippen LogP contribution in [0.4, 0.5) is 5.00 Å². The molecule has 0 spiro atoms. The van der Waals surface area contributed by atoms with E-state index in [1.165, 1.54) is 17.3 Å². The number of carbonyl (C=O) groups excluding carboxylic acids is 3. The van der Waals surface area contributed by atoms with E-state index in [2.05, 4.69) is 29.4 Å². The monoisotopic (exact) mass is 559 g/mol. The number of nitrogens with one attached hydrogen (secondary N) is 1. The molecule has 0 radical (unpaired) electrons. The summed E-state index contributed by atoms with van der Waals surface area (Å²) in [5.74, 6) is 0.153. The van der Waals surface area contributed by atoms with Crippen molar-refractivity contribution in [2.24, 2.45) is 5.73 Å². The van der Waals surface area contributed by atoms with Crippen LogP contribution in [0.1, 0.15) is 77.5 Å². The third-order valence-corrected chi connectivity index (χ3v) is 7.72. The minimum absolute atomic E-state index is 0.0111. The van der Waals surface area contributed by atoms with Gasteiger partial charge in [-0.3, -0.25) is 9.59 Å². The summed E-state index contributed by atoms with van der Waals surface area (Å²) in [6, 6.07) is 7.95. The Balaban J connectivity index is 1.66. The third-order valence-electron chi connectivity index (χ3n) is 5.53. The van der Waals surface area contributed by atoms with E-state index in [9.17, 15) is 14.4 Å². The van der Waals surface area contributed by atoms with E-state index < -0.39 is 11.9 Å². The molecule has 2 heterocycles. The topological polar surface area (TPSA) is 138 Å². The Bertz CT molecular complexity index is 1300. The first kappa shape index (κ1) is 29.2. The molecular weight excluding hydrogens is 526 g/mol. The van der Waals surface area contributed by atoms with E-state index in [1.54, 1.807) is 20.8 Å². The lowest BCUT2D eigenvalue weighted by molar-refractivity contribution is -0.113. The first-order chi connectivity index (χ1) is 18.0. The van der Waals surface area contributed by atoms with Crippen LogP contribution in [0.5, 0.6) is 5.75 Å². The van der Waals surface area contributed by atoms with Gasteiger partial charge in [-0.05, 0) is 56.9 Å². The molecule has 3 N–H and O–H groups in total. The van der Waals surface area contributed by atoms with Crippen LogP contribution in [0.25, 0.3) is 0 Å². The Morgan fingerprint density at radius 3 is 2.39 bits per heavy atom. The van der Waals surface area contributed by atoms with Gasteiger partial charge in [0.2, 0.25) is 5.91 Å². The SMILES string of the molecule is CCn1c(COc2ccc(C(C)C)cc2)nnc1SCC(=O)Nc1sc(C(N)=O)c(C)c1C(=O)OC(C)C. The van der Waals surface area contributed by atoms with Crippen LogP contribution in [0.15, 0.2) is 29.4 Å². The minimum Gasteiger partial charge on any atom is -0.486 e. The number of aromatic nitrogens is 3. The Hall–Kier alpha value is -3.38. The Kier molecular flexibility index (Phi) is 9.92. The predicted octanol–water partition coefficient (Wildman–Crippen LogP) is 4.77. The second-order valence-corrected chi connectivity index (χ2v) is 11.0.